The van der Waals surface area contributed by atoms with E-state index in [0.717, 1.165) is 28.5 Å². The van der Waals surface area contributed by atoms with Crippen molar-refractivity contribution in [3.8, 4) is 0 Å². The second-order valence-corrected chi connectivity index (χ2v) is 6.03. The van der Waals surface area contributed by atoms with Crippen LogP contribution in [0.1, 0.15) is 19.3 Å². The van der Waals surface area contributed by atoms with Gasteiger partial charge < -0.3 is 4.90 Å². The van der Waals surface area contributed by atoms with E-state index in [9.17, 15) is 0 Å². The molecule has 2 bridgehead atoms. The van der Waals surface area contributed by atoms with Crippen molar-refractivity contribution >= 4 is 33.3 Å². The van der Waals surface area contributed by atoms with Gasteiger partial charge in [0.2, 0.25) is 5.95 Å². The molecule has 1 aliphatic heterocycles. The summed E-state index contributed by atoms with van der Waals surface area (Å²) in [6.07, 6.45) is 3.99. The Morgan fingerprint density at radius 1 is 1.39 bits per heavy atom. The highest BCUT2D eigenvalue weighted by Crippen LogP contribution is 2.42. The second-order valence-electron chi connectivity index (χ2n) is 5.14. The number of hydrogen-bond donors (Lipinski definition) is 2. The van der Waals surface area contributed by atoms with Crippen molar-refractivity contribution in [2.45, 2.75) is 25.3 Å². The number of piperidine rings is 1. The SMILES string of the molecule is NNc1nc(N2CC3CCC2C3)c2ccsc2n1. The first-order valence-corrected chi connectivity index (χ1v) is 7.21. The Hall–Kier alpha value is -1.40. The topological polar surface area (TPSA) is 67.1 Å². The summed E-state index contributed by atoms with van der Waals surface area (Å²) in [5.41, 5.74) is 2.57. The Morgan fingerprint density at radius 2 is 2.33 bits per heavy atom. The van der Waals surface area contributed by atoms with Crippen LogP contribution in [0.4, 0.5) is 11.8 Å². The first-order valence-electron chi connectivity index (χ1n) is 6.33. The van der Waals surface area contributed by atoms with E-state index in [2.05, 4.69) is 31.7 Å². The molecule has 94 valence electrons. The largest absolute Gasteiger partial charge is 0.353 e. The molecule has 1 aliphatic carbocycles. The molecule has 0 radical (unpaired) electrons. The molecule has 5 nitrogen and oxygen atoms in total. The molecule has 18 heavy (non-hydrogen) atoms. The molecule has 2 unspecified atom stereocenters. The van der Waals surface area contributed by atoms with Gasteiger partial charge in [-0.3, -0.25) is 5.43 Å². The molecule has 3 heterocycles. The van der Waals surface area contributed by atoms with Crippen LogP contribution in [0.5, 0.6) is 0 Å². The minimum absolute atomic E-state index is 0.516. The molecule has 3 N–H and O–H groups in total. The van der Waals surface area contributed by atoms with E-state index in [-0.39, 0.29) is 0 Å². The van der Waals surface area contributed by atoms with Gasteiger partial charge in [-0.2, -0.15) is 4.98 Å². The smallest absolute Gasteiger partial charge is 0.240 e. The Balaban J connectivity index is 1.85. The summed E-state index contributed by atoms with van der Waals surface area (Å²) in [4.78, 5) is 12.4. The lowest BCUT2D eigenvalue weighted by Gasteiger charge is -2.28. The normalized spacial score (nSPS) is 26.2. The highest BCUT2D eigenvalue weighted by Gasteiger charge is 2.39. The number of aromatic nitrogens is 2. The van der Waals surface area contributed by atoms with Crippen molar-refractivity contribution < 1.29 is 0 Å². The van der Waals surface area contributed by atoms with Crippen LogP contribution >= 0.6 is 11.3 Å². The average Bonchev–Trinajstić information content (AvgIpc) is 3.12. The van der Waals surface area contributed by atoms with Gasteiger partial charge in [0.05, 0.1) is 5.39 Å². The van der Waals surface area contributed by atoms with Crippen LogP contribution in [0.3, 0.4) is 0 Å². The van der Waals surface area contributed by atoms with Crippen LogP contribution < -0.4 is 16.2 Å². The molecule has 1 saturated heterocycles. The standard InChI is InChI=1S/C12H15N5S/c13-16-12-14-10(9-3-4-18-11(9)15-12)17-6-7-1-2-8(17)5-7/h3-4,7-8H,1-2,5-6,13H2,(H,14,15,16). The van der Waals surface area contributed by atoms with Crippen molar-refractivity contribution in [3.05, 3.63) is 11.4 Å². The summed E-state index contributed by atoms with van der Waals surface area (Å²) in [5.74, 6) is 7.89. The summed E-state index contributed by atoms with van der Waals surface area (Å²) in [6.45, 7) is 1.14. The first-order chi connectivity index (χ1) is 8.85. The number of nitrogen functional groups attached to an aromatic ring is 1. The highest BCUT2D eigenvalue weighted by atomic mass is 32.1. The van der Waals surface area contributed by atoms with Gasteiger partial charge in [-0.25, -0.2) is 10.8 Å². The minimum Gasteiger partial charge on any atom is -0.353 e. The van der Waals surface area contributed by atoms with Gasteiger partial charge in [-0.15, -0.1) is 11.3 Å². The lowest BCUT2D eigenvalue weighted by molar-refractivity contribution is 0.551. The summed E-state index contributed by atoms with van der Waals surface area (Å²) in [5, 5.41) is 3.23. The molecule has 4 rings (SSSR count). The lowest BCUT2D eigenvalue weighted by atomic mass is 10.1. The van der Waals surface area contributed by atoms with E-state index in [1.165, 1.54) is 19.3 Å². The van der Waals surface area contributed by atoms with E-state index in [4.69, 9.17) is 5.84 Å². The van der Waals surface area contributed by atoms with Crippen molar-refractivity contribution in [2.75, 3.05) is 16.9 Å². The molecule has 2 aromatic rings. The highest BCUT2D eigenvalue weighted by molar-refractivity contribution is 7.16. The molecule has 2 fully saturated rings. The van der Waals surface area contributed by atoms with Gasteiger partial charge in [-0.1, -0.05) is 0 Å². The van der Waals surface area contributed by atoms with E-state index in [1.54, 1.807) is 11.3 Å². The Morgan fingerprint density at radius 3 is 3.06 bits per heavy atom. The fraction of sp³-hybridized carbons (Fsp3) is 0.500. The van der Waals surface area contributed by atoms with Crippen molar-refractivity contribution in [1.29, 1.82) is 0 Å². The molecule has 2 atom stereocenters. The third kappa shape index (κ3) is 1.42. The second kappa shape index (κ2) is 3.80. The molecule has 2 aromatic heterocycles. The molecule has 6 heteroatoms. The maximum Gasteiger partial charge on any atom is 0.240 e. The fourth-order valence-electron chi connectivity index (χ4n) is 3.31. The maximum atomic E-state index is 5.46. The van der Waals surface area contributed by atoms with Crippen molar-refractivity contribution in [3.63, 3.8) is 0 Å². The number of thiophene rings is 1. The molecular weight excluding hydrogens is 246 g/mol. The van der Waals surface area contributed by atoms with Gasteiger partial charge in [0.1, 0.15) is 10.6 Å². The van der Waals surface area contributed by atoms with Crippen LogP contribution in [0, 0.1) is 5.92 Å². The summed E-state index contributed by atoms with van der Waals surface area (Å²) < 4.78 is 0. The number of nitrogens with zero attached hydrogens (tertiary/aromatic N) is 3. The monoisotopic (exact) mass is 261 g/mol. The third-order valence-corrected chi connectivity index (χ3v) is 4.92. The van der Waals surface area contributed by atoms with Crippen LogP contribution in [-0.2, 0) is 0 Å². The molecule has 2 aliphatic rings. The van der Waals surface area contributed by atoms with Crippen LogP contribution in [0.15, 0.2) is 11.4 Å². The zero-order valence-electron chi connectivity index (χ0n) is 9.97. The average molecular weight is 261 g/mol. The van der Waals surface area contributed by atoms with Crippen LogP contribution in [-0.4, -0.2) is 22.6 Å². The number of anilines is 2. The van der Waals surface area contributed by atoms with Crippen LogP contribution in [0.2, 0.25) is 0 Å². The third-order valence-electron chi connectivity index (χ3n) is 4.12. The predicted octanol–water partition coefficient (Wildman–Crippen LogP) is 1.97. The number of rotatable bonds is 2. The Labute approximate surface area is 109 Å². The van der Waals surface area contributed by atoms with E-state index in [0.29, 0.717) is 12.0 Å². The van der Waals surface area contributed by atoms with Crippen molar-refractivity contribution in [2.24, 2.45) is 11.8 Å². The Kier molecular flexibility index (Phi) is 2.22. The summed E-state index contributed by atoms with van der Waals surface area (Å²) >= 11 is 1.64. The lowest BCUT2D eigenvalue weighted by Crippen LogP contribution is -2.33. The fourth-order valence-corrected chi connectivity index (χ4v) is 4.07. The molecule has 1 saturated carbocycles. The number of fused-ring (bicyclic) bond motifs is 3. The van der Waals surface area contributed by atoms with Crippen LogP contribution in [0.25, 0.3) is 10.2 Å². The van der Waals surface area contributed by atoms with Gasteiger partial charge in [-0.05, 0) is 36.6 Å². The van der Waals surface area contributed by atoms with Crippen molar-refractivity contribution in [1.82, 2.24) is 9.97 Å². The number of hydrazine groups is 1. The number of hydrogen-bond acceptors (Lipinski definition) is 6. The molecule has 0 spiro atoms. The first kappa shape index (κ1) is 10.5. The van der Waals surface area contributed by atoms with E-state index < -0.39 is 0 Å². The molecular formula is C12H15N5S. The quantitative estimate of drug-likeness (QED) is 0.639. The molecule has 0 amide bonds. The van der Waals surface area contributed by atoms with Gasteiger partial charge >= 0.3 is 0 Å². The summed E-state index contributed by atoms with van der Waals surface area (Å²) in [7, 11) is 0. The van der Waals surface area contributed by atoms with E-state index in [1.807, 2.05) is 0 Å². The van der Waals surface area contributed by atoms with Gasteiger partial charge in [0, 0.05) is 12.6 Å². The molecule has 0 aromatic carbocycles. The zero-order chi connectivity index (χ0) is 12.1. The van der Waals surface area contributed by atoms with Gasteiger partial charge in [0.15, 0.2) is 0 Å². The maximum absolute atomic E-state index is 5.46. The Bertz CT molecular complexity index is 595. The minimum atomic E-state index is 0.516. The number of nitrogens with one attached hydrogen (secondary N) is 1. The predicted molar refractivity (Wildman–Crippen MR) is 73.7 cm³/mol. The summed E-state index contributed by atoms with van der Waals surface area (Å²) in [6, 6.07) is 2.78. The number of nitrogens with two attached hydrogens (primary N) is 1. The van der Waals surface area contributed by atoms with Gasteiger partial charge in [0.25, 0.3) is 0 Å². The van der Waals surface area contributed by atoms with E-state index >= 15 is 0 Å². The zero-order valence-corrected chi connectivity index (χ0v) is 10.8.